The second-order valence-corrected chi connectivity index (χ2v) is 3.65. The van der Waals surface area contributed by atoms with Crippen LogP contribution in [0.25, 0.3) is 0 Å². The third kappa shape index (κ3) is 4.46. The molecule has 0 aliphatic carbocycles. The summed E-state index contributed by atoms with van der Waals surface area (Å²) in [5.74, 6) is -0.847. The van der Waals surface area contributed by atoms with Crippen molar-refractivity contribution in [3.05, 3.63) is 0 Å². The molecule has 1 unspecified atom stereocenters. The van der Waals surface area contributed by atoms with E-state index in [1.54, 1.807) is 6.92 Å². The molecule has 0 spiro atoms. The van der Waals surface area contributed by atoms with Gasteiger partial charge in [-0.2, -0.15) is 0 Å². The molecule has 2 amide bonds. The number of carbonyl (C=O) groups excluding carboxylic acids is 2. The minimum absolute atomic E-state index is 0.320. The highest BCUT2D eigenvalue weighted by Gasteiger charge is 2.20. The number of alkyl halides is 1. The Labute approximate surface area is 89.2 Å². The first-order chi connectivity index (χ1) is 6.52. The van der Waals surface area contributed by atoms with Crippen molar-refractivity contribution in [3.63, 3.8) is 0 Å². The van der Waals surface area contributed by atoms with E-state index in [-0.39, 0.29) is 5.91 Å². The van der Waals surface area contributed by atoms with E-state index in [2.05, 4.69) is 5.32 Å². The summed E-state index contributed by atoms with van der Waals surface area (Å²) in [5.41, 5.74) is 5.07. The quantitative estimate of drug-likeness (QED) is 0.650. The second kappa shape index (κ2) is 6.65. The largest absolute Gasteiger partial charge is 0.368 e. The molecule has 0 bridgehead atoms. The standard InChI is InChI=1S/C9H17ClN2O2/c1-3-5-6(10)9(14)12-7(4-2)8(11)13/h6-7H,3-5H2,1-2H3,(H2,11,13)(H,12,14)/t6?,7-/m0/s1. The van der Waals surface area contributed by atoms with E-state index in [1.165, 1.54) is 0 Å². The van der Waals surface area contributed by atoms with E-state index in [0.717, 1.165) is 6.42 Å². The topological polar surface area (TPSA) is 72.2 Å². The van der Waals surface area contributed by atoms with Crippen LogP contribution in [0.15, 0.2) is 0 Å². The fourth-order valence-corrected chi connectivity index (χ4v) is 1.30. The molecule has 0 aromatic carbocycles. The SMILES string of the molecule is CCCC(Cl)C(=O)N[C@@H](CC)C(N)=O. The molecule has 0 aliphatic rings. The second-order valence-electron chi connectivity index (χ2n) is 3.13. The van der Waals surface area contributed by atoms with Gasteiger partial charge in [0.05, 0.1) is 0 Å². The highest BCUT2D eigenvalue weighted by Crippen LogP contribution is 2.05. The highest BCUT2D eigenvalue weighted by molar-refractivity contribution is 6.30. The van der Waals surface area contributed by atoms with Crippen LogP contribution in [0.5, 0.6) is 0 Å². The summed E-state index contributed by atoms with van der Waals surface area (Å²) in [6.45, 7) is 3.72. The van der Waals surface area contributed by atoms with Gasteiger partial charge in [-0.3, -0.25) is 9.59 Å². The van der Waals surface area contributed by atoms with Crippen molar-refractivity contribution in [1.82, 2.24) is 5.32 Å². The number of halogens is 1. The van der Waals surface area contributed by atoms with Crippen LogP contribution in [0.3, 0.4) is 0 Å². The molecular weight excluding hydrogens is 204 g/mol. The third-order valence-corrected chi connectivity index (χ3v) is 2.31. The molecule has 2 atom stereocenters. The van der Waals surface area contributed by atoms with Gasteiger partial charge in [0, 0.05) is 0 Å². The van der Waals surface area contributed by atoms with Crippen LogP contribution in [-0.2, 0) is 9.59 Å². The maximum Gasteiger partial charge on any atom is 0.239 e. The Kier molecular flexibility index (Phi) is 6.28. The molecule has 3 N–H and O–H groups in total. The summed E-state index contributed by atoms with van der Waals surface area (Å²) in [4.78, 5) is 22.2. The van der Waals surface area contributed by atoms with E-state index in [9.17, 15) is 9.59 Å². The third-order valence-electron chi connectivity index (χ3n) is 1.89. The molecule has 0 radical (unpaired) electrons. The monoisotopic (exact) mass is 220 g/mol. The van der Waals surface area contributed by atoms with Crippen LogP contribution < -0.4 is 11.1 Å². The fourth-order valence-electron chi connectivity index (χ4n) is 1.02. The molecule has 0 saturated heterocycles. The van der Waals surface area contributed by atoms with Gasteiger partial charge in [0.25, 0.3) is 0 Å². The number of primary amides is 1. The van der Waals surface area contributed by atoms with Crippen LogP contribution >= 0.6 is 11.6 Å². The minimum atomic E-state index is -0.611. The maximum atomic E-state index is 11.4. The molecule has 0 saturated carbocycles. The van der Waals surface area contributed by atoms with Crippen LogP contribution in [0.1, 0.15) is 33.1 Å². The van der Waals surface area contributed by atoms with E-state index in [1.807, 2.05) is 6.92 Å². The van der Waals surface area contributed by atoms with Gasteiger partial charge in [-0.25, -0.2) is 0 Å². The molecule has 4 nitrogen and oxygen atoms in total. The summed E-state index contributed by atoms with van der Waals surface area (Å²) in [5, 5.41) is 1.93. The zero-order chi connectivity index (χ0) is 11.1. The highest BCUT2D eigenvalue weighted by atomic mass is 35.5. The van der Waals surface area contributed by atoms with E-state index >= 15 is 0 Å². The number of hydrogen-bond acceptors (Lipinski definition) is 2. The van der Waals surface area contributed by atoms with Gasteiger partial charge >= 0.3 is 0 Å². The predicted octanol–water partition coefficient (Wildman–Crippen LogP) is 0.774. The van der Waals surface area contributed by atoms with Gasteiger partial charge in [-0.15, -0.1) is 11.6 Å². The lowest BCUT2D eigenvalue weighted by atomic mass is 10.2. The van der Waals surface area contributed by atoms with Crippen molar-refractivity contribution in [2.24, 2.45) is 5.73 Å². The fraction of sp³-hybridized carbons (Fsp3) is 0.778. The number of nitrogens with two attached hydrogens (primary N) is 1. The Morgan fingerprint density at radius 1 is 1.43 bits per heavy atom. The van der Waals surface area contributed by atoms with Gasteiger partial charge in [-0.05, 0) is 12.8 Å². The van der Waals surface area contributed by atoms with Crippen LogP contribution in [-0.4, -0.2) is 23.2 Å². The van der Waals surface area contributed by atoms with Gasteiger partial charge in [0.1, 0.15) is 11.4 Å². The summed E-state index contributed by atoms with van der Waals surface area (Å²) in [6, 6.07) is -0.611. The van der Waals surface area contributed by atoms with Gasteiger partial charge in [0.15, 0.2) is 0 Å². The lowest BCUT2D eigenvalue weighted by Crippen LogP contribution is -2.46. The minimum Gasteiger partial charge on any atom is -0.368 e. The van der Waals surface area contributed by atoms with Crippen LogP contribution in [0.4, 0.5) is 0 Å². The Morgan fingerprint density at radius 3 is 2.36 bits per heavy atom. The lowest BCUT2D eigenvalue weighted by molar-refractivity contribution is -0.127. The first-order valence-corrected chi connectivity index (χ1v) is 5.20. The molecule has 0 heterocycles. The first-order valence-electron chi connectivity index (χ1n) is 4.76. The van der Waals surface area contributed by atoms with Crippen LogP contribution in [0.2, 0.25) is 0 Å². The van der Waals surface area contributed by atoms with E-state index < -0.39 is 17.3 Å². The Morgan fingerprint density at radius 2 is 2.00 bits per heavy atom. The van der Waals surface area contributed by atoms with Crippen molar-refractivity contribution in [2.75, 3.05) is 0 Å². The zero-order valence-corrected chi connectivity index (χ0v) is 9.30. The first kappa shape index (κ1) is 13.2. The Hall–Kier alpha value is -0.770. The average Bonchev–Trinajstić information content (AvgIpc) is 2.13. The van der Waals surface area contributed by atoms with Crippen molar-refractivity contribution >= 4 is 23.4 Å². The van der Waals surface area contributed by atoms with Crippen molar-refractivity contribution in [3.8, 4) is 0 Å². The summed E-state index contributed by atoms with van der Waals surface area (Å²) in [7, 11) is 0. The van der Waals surface area contributed by atoms with Crippen LogP contribution in [0, 0.1) is 0 Å². The molecule has 82 valence electrons. The number of carbonyl (C=O) groups is 2. The molecule has 0 fully saturated rings. The molecular formula is C9H17ClN2O2. The Balaban J connectivity index is 4.08. The van der Waals surface area contributed by atoms with Gasteiger partial charge < -0.3 is 11.1 Å². The van der Waals surface area contributed by atoms with Crippen molar-refractivity contribution < 1.29 is 9.59 Å². The zero-order valence-electron chi connectivity index (χ0n) is 8.55. The number of rotatable bonds is 6. The molecule has 5 heteroatoms. The molecule has 0 rings (SSSR count). The number of amides is 2. The predicted molar refractivity (Wildman–Crippen MR) is 56.0 cm³/mol. The van der Waals surface area contributed by atoms with E-state index in [4.69, 9.17) is 17.3 Å². The number of nitrogens with one attached hydrogen (secondary N) is 1. The van der Waals surface area contributed by atoms with Crippen molar-refractivity contribution in [2.45, 2.75) is 44.5 Å². The summed E-state index contributed by atoms with van der Waals surface area (Å²) >= 11 is 5.77. The molecule has 0 aliphatic heterocycles. The van der Waals surface area contributed by atoms with Gasteiger partial charge in [0.2, 0.25) is 11.8 Å². The molecule has 14 heavy (non-hydrogen) atoms. The summed E-state index contributed by atoms with van der Waals surface area (Å²) in [6.07, 6.45) is 1.91. The average molecular weight is 221 g/mol. The Bertz CT molecular complexity index is 209. The van der Waals surface area contributed by atoms with Gasteiger partial charge in [-0.1, -0.05) is 20.3 Å². The molecule has 0 aromatic heterocycles. The number of hydrogen-bond donors (Lipinski definition) is 2. The lowest BCUT2D eigenvalue weighted by Gasteiger charge is -2.15. The normalized spacial score (nSPS) is 14.5. The maximum absolute atomic E-state index is 11.4. The molecule has 0 aromatic rings. The summed E-state index contributed by atoms with van der Waals surface area (Å²) < 4.78 is 0. The van der Waals surface area contributed by atoms with E-state index in [0.29, 0.717) is 12.8 Å². The van der Waals surface area contributed by atoms with Crippen molar-refractivity contribution in [1.29, 1.82) is 0 Å². The smallest absolute Gasteiger partial charge is 0.239 e.